The minimum atomic E-state index is -0.618. The monoisotopic (exact) mass is 243 g/mol. The Hall–Kier alpha value is -0.610. The minimum Gasteiger partial charge on any atom is -0.468 e. The quantitative estimate of drug-likeness (QED) is 0.749. The summed E-state index contributed by atoms with van der Waals surface area (Å²) in [6.07, 6.45) is 4.50. The molecule has 1 aliphatic rings. The van der Waals surface area contributed by atoms with Crippen LogP contribution in [0.2, 0.25) is 0 Å². The average molecular weight is 243 g/mol. The predicted molar refractivity (Wildman–Crippen MR) is 66.9 cm³/mol. The number of esters is 1. The van der Waals surface area contributed by atoms with E-state index in [9.17, 15) is 4.79 Å². The van der Waals surface area contributed by atoms with Crippen LogP contribution in [0.1, 0.15) is 46.5 Å². The lowest BCUT2D eigenvalue weighted by atomic mass is 9.96. The molecule has 0 aromatic rings. The Morgan fingerprint density at radius 1 is 1.53 bits per heavy atom. The van der Waals surface area contributed by atoms with Gasteiger partial charge in [0, 0.05) is 12.6 Å². The second kappa shape index (κ2) is 6.36. The smallest absolute Gasteiger partial charge is 0.325 e. The molecular formula is C13H25NO3. The zero-order chi connectivity index (χ0) is 12.9. The average Bonchev–Trinajstić information content (AvgIpc) is 2.28. The molecule has 0 radical (unpaired) electrons. The van der Waals surface area contributed by atoms with Gasteiger partial charge >= 0.3 is 5.97 Å². The second-order valence-electron chi connectivity index (χ2n) is 5.26. The van der Waals surface area contributed by atoms with Crippen molar-refractivity contribution in [2.45, 2.75) is 64.1 Å². The van der Waals surface area contributed by atoms with E-state index in [0.29, 0.717) is 12.1 Å². The van der Waals surface area contributed by atoms with Crippen molar-refractivity contribution in [2.75, 3.05) is 13.7 Å². The van der Waals surface area contributed by atoms with Crippen LogP contribution >= 0.6 is 0 Å². The molecule has 0 bridgehead atoms. The molecule has 0 spiro atoms. The third kappa shape index (κ3) is 4.28. The van der Waals surface area contributed by atoms with Gasteiger partial charge in [0.15, 0.2) is 0 Å². The summed E-state index contributed by atoms with van der Waals surface area (Å²) in [5, 5.41) is 3.38. The van der Waals surface area contributed by atoms with Gasteiger partial charge < -0.3 is 9.47 Å². The molecule has 1 saturated heterocycles. The molecule has 1 heterocycles. The van der Waals surface area contributed by atoms with Gasteiger partial charge in [-0.1, -0.05) is 13.3 Å². The fourth-order valence-electron chi connectivity index (χ4n) is 2.36. The Bertz CT molecular complexity index is 251. The molecule has 0 aliphatic carbocycles. The highest BCUT2D eigenvalue weighted by Crippen LogP contribution is 2.20. The van der Waals surface area contributed by atoms with Crippen molar-refractivity contribution in [3.63, 3.8) is 0 Å². The maximum atomic E-state index is 11.6. The summed E-state index contributed by atoms with van der Waals surface area (Å²) in [5.41, 5.74) is -0.618. The Morgan fingerprint density at radius 2 is 2.24 bits per heavy atom. The van der Waals surface area contributed by atoms with E-state index in [1.54, 1.807) is 0 Å². The third-order valence-electron chi connectivity index (χ3n) is 3.24. The molecule has 4 heteroatoms. The number of carbonyl (C=O) groups is 1. The molecular weight excluding hydrogens is 218 g/mol. The molecule has 4 nitrogen and oxygen atoms in total. The number of hydrogen-bond acceptors (Lipinski definition) is 4. The fourth-order valence-corrected chi connectivity index (χ4v) is 2.36. The van der Waals surface area contributed by atoms with Crippen LogP contribution in [0.25, 0.3) is 0 Å². The minimum absolute atomic E-state index is 0.212. The molecule has 0 aromatic heterocycles. The molecule has 2 atom stereocenters. The molecule has 0 saturated carbocycles. The Kier molecular flexibility index (Phi) is 5.40. The van der Waals surface area contributed by atoms with Gasteiger partial charge in [0.2, 0.25) is 0 Å². The lowest BCUT2D eigenvalue weighted by molar-refractivity contribution is -0.148. The van der Waals surface area contributed by atoms with E-state index < -0.39 is 5.54 Å². The van der Waals surface area contributed by atoms with Crippen molar-refractivity contribution in [3.05, 3.63) is 0 Å². The summed E-state index contributed by atoms with van der Waals surface area (Å²) in [6, 6.07) is 0.342. The van der Waals surface area contributed by atoms with Crippen molar-refractivity contribution < 1.29 is 14.3 Å². The van der Waals surface area contributed by atoms with E-state index in [-0.39, 0.29) is 5.97 Å². The maximum absolute atomic E-state index is 11.6. The summed E-state index contributed by atoms with van der Waals surface area (Å²) in [5.74, 6) is -0.212. The topological polar surface area (TPSA) is 47.6 Å². The predicted octanol–water partition coefficient (Wildman–Crippen LogP) is 1.88. The molecule has 100 valence electrons. The lowest BCUT2D eigenvalue weighted by Crippen LogP contribution is -2.54. The first-order chi connectivity index (χ1) is 7.99. The van der Waals surface area contributed by atoms with Crippen molar-refractivity contribution in [2.24, 2.45) is 0 Å². The molecule has 2 unspecified atom stereocenters. The van der Waals surface area contributed by atoms with Gasteiger partial charge in [-0.2, -0.15) is 0 Å². The highest BCUT2D eigenvalue weighted by atomic mass is 16.5. The summed E-state index contributed by atoms with van der Waals surface area (Å²) in [4.78, 5) is 11.6. The van der Waals surface area contributed by atoms with Crippen LogP contribution in [0.5, 0.6) is 0 Å². The molecule has 1 aliphatic heterocycles. The SMILES string of the molecule is CCCC1CC(NC(C)(C)C(=O)OC)CCO1. The maximum Gasteiger partial charge on any atom is 0.325 e. The third-order valence-corrected chi connectivity index (χ3v) is 3.24. The van der Waals surface area contributed by atoms with Crippen molar-refractivity contribution in [1.29, 1.82) is 0 Å². The number of hydrogen-bond donors (Lipinski definition) is 1. The largest absolute Gasteiger partial charge is 0.468 e. The van der Waals surface area contributed by atoms with Crippen LogP contribution < -0.4 is 5.32 Å². The first kappa shape index (κ1) is 14.5. The van der Waals surface area contributed by atoms with Crippen molar-refractivity contribution >= 4 is 5.97 Å². The number of rotatable bonds is 5. The normalized spacial score (nSPS) is 25.6. The standard InChI is InChI=1S/C13H25NO3/c1-5-6-11-9-10(7-8-17-11)14-13(2,3)12(15)16-4/h10-11,14H,5-9H2,1-4H3. The van der Waals surface area contributed by atoms with Gasteiger partial charge in [-0.15, -0.1) is 0 Å². The van der Waals surface area contributed by atoms with E-state index in [4.69, 9.17) is 9.47 Å². The van der Waals surface area contributed by atoms with Crippen LogP contribution in [0, 0.1) is 0 Å². The van der Waals surface area contributed by atoms with Crippen LogP contribution in [0.15, 0.2) is 0 Å². The molecule has 1 fully saturated rings. The Morgan fingerprint density at radius 3 is 2.82 bits per heavy atom. The molecule has 0 amide bonds. The van der Waals surface area contributed by atoms with Gasteiger partial charge in [0.05, 0.1) is 13.2 Å². The van der Waals surface area contributed by atoms with Gasteiger partial charge in [0.25, 0.3) is 0 Å². The summed E-state index contributed by atoms with van der Waals surface area (Å²) in [6.45, 7) is 6.67. The molecule has 0 aromatic carbocycles. The number of carbonyl (C=O) groups excluding carboxylic acids is 1. The van der Waals surface area contributed by atoms with Crippen LogP contribution in [0.4, 0.5) is 0 Å². The van der Waals surface area contributed by atoms with E-state index in [2.05, 4.69) is 12.2 Å². The van der Waals surface area contributed by atoms with Gasteiger partial charge in [-0.3, -0.25) is 10.1 Å². The van der Waals surface area contributed by atoms with Crippen LogP contribution in [0.3, 0.4) is 0 Å². The summed E-state index contributed by atoms with van der Waals surface area (Å²) < 4.78 is 10.5. The summed E-state index contributed by atoms with van der Waals surface area (Å²) in [7, 11) is 1.43. The second-order valence-corrected chi connectivity index (χ2v) is 5.26. The van der Waals surface area contributed by atoms with Crippen LogP contribution in [-0.4, -0.2) is 37.4 Å². The van der Waals surface area contributed by atoms with Gasteiger partial charge in [-0.05, 0) is 33.1 Å². The van der Waals surface area contributed by atoms with E-state index in [0.717, 1.165) is 32.3 Å². The molecule has 1 N–H and O–H groups in total. The van der Waals surface area contributed by atoms with Gasteiger partial charge in [-0.25, -0.2) is 0 Å². The van der Waals surface area contributed by atoms with Crippen molar-refractivity contribution in [1.82, 2.24) is 5.32 Å². The molecule has 17 heavy (non-hydrogen) atoms. The van der Waals surface area contributed by atoms with E-state index >= 15 is 0 Å². The first-order valence-electron chi connectivity index (χ1n) is 6.47. The van der Waals surface area contributed by atoms with Gasteiger partial charge in [0.1, 0.15) is 5.54 Å². The van der Waals surface area contributed by atoms with Crippen LogP contribution in [-0.2, 0) is 14.3 Å². The highest BCUT2D eigenvalue weighted by Gasteiger charge is 2.33. The summed E-state index contributed by atoms with van der Waals surface area (Å²) >= 11 is 0. The highest BCUT2D eigenvalue weighted by molar-refractivity contribution is 5.79. The zero-order valence-corrected chi connectivity index (χ0v) is 11.4. The fraction of sp³-hybridized carbons (Fsp3) is 0.923. The Balaban J connectivity index is 2.47. The number of nitrogens with one attached hydrogen (secondary N) is 1. The zero-order valence-electron chi connectivity index (χ0n) is 11.4. The molecule has 1 rings (SSSR count). The number of methoxy groups -OCH3 is 1. The Labute approximate surface area is 104 Å². The van der Waals surface area contributed by atoms with E-state index in [1.807, 2.05) is 13.8 Å². The number of ether oxygens (including phenoxy) is 2. The first-order valence-corrected chi connectivity index (χ1v) is 6.47. The lowest BCUT2D eigenvalue weighted by Gasteiger charge is -2.35. The van der Waals surface area contributed by atoms with E-state index in [1.165, 1.54) is 7.11 Å². The van der Waals surface area contributed by atoms with Crippen molar-refractivity contribution in [3.8, 4) is 0 Å².